The van der Waals surface area contributed by atoms with Gasteiger partial charge in [0.25, 0.3) is 13.9 Å². The maximum absolute atomic E-state index is 15.1. The van der Waals surface area contributed by atoms with Crippen molar-refractivity contribution < 1.29 is 23.1 Å². The third-order valence-corrected chi connectivity index (χ3v) is 16.9. The van der Waals surface area contributed by atoms with Gasteiger partial charge in [-0.1, -0.05) is 92.8 Å². The van der Waals surface area contributed by atoms with Gasteiger partial charge in [-0.05, 0) is 47.5 Å². The average molecular weight is 797 g/mol. The van der Waals surface area contributed by atoms with Crippen LogP contribution >= 0.6 is 11.3 Å². The van der Waals surface area contributed by atoms with Gasteiger partial charge in [0.05, 0.1) is 56.6 Å². The first-order valence-corrected chi connectivity index (χ1v) is 21.1. The zero-order valence-corrected chi connectivity index (χ0v) is 34.1. The number of halogens is 1. The minimum Gasteiger partial charge on any atom is -0.496 e. The Bertz CT molecular complexity index is 2440. The summed E-state index contributed by atoms with van der Waals surface area (Å²) in [5, 5.41) is 14.2. The van der Waals surface area contributed by atoms with Crippen molar-refractivity contribution in [3.63, 3.8) is 0 Å². The van der Waals surface area contributed by atoms with Gasteiger partial charge in [-0.2, -0.15) is 10.2 Å². The van der Waals surface area contributed by atoms with E-state index in [0.29, 0.717) is 32.1 Å². The van der Waals surface area contributed by atoms with Crippen LogP contribution in [0.2, 0.25) is 5.04 Å². The van der Waals surface area contributed by atoms with Crippen LogP contribution in [0.1, 0.15) is 51.3 Å². The molecule has 1 N–H and O–H groups in total. The molecule has 1 amide bonds. The van der Waals surface area contributed by atoms with Crippen LogP contribution in [0.4, 0.5) is 4.39 Å². The number of carbonyl (C=O) groups is 1. The first kappa shape index (κ1) is 39.0. The van der Waals surface area contributed by atoms with Crippen LogP contribution < -0.4 is 31.7 Å². The number of thiophene rings is 1. The Morgan fingerprint density at radius 1 is 0.964 bits per heavy atom. The molecule has 56 heavy (non-hydrogen) atoms. The minimum absolute atomic E-state index is 0.0539. The Morgan fingerprint density at radius 2 is 1.61 bits per heavy atom. The number of nitrogens with one attached hydrogen (secondary N) is 1. The molecule has 3 aromatic carbocycles. The lowest BCUT2D eigenvalue weighted by Crippen LogP contribution is -2.66. The number of carbonyl (C=O) groups excluding carboxylic acids is 1. The average Bonchev–Trinajstić information content (AvgIpc) is 3.92. The molecule has 1 unspecified atom stereocenters. The summed E-state index contributed by atoms with van der Waals surface area (Å²) in [6.07, 6.45) is 2.06. The maximum Gasteiger partial charge on any atom is 0.332 e. The standard InChI is InChI=1S/C41H45FN6O6SSi/c1-27-35-36(50)47(41(5)24-34(49)43-26-41)39(51)46(38(35)55-37(27)48-44-19-20-45-48)25-33(31-23-28(42)17-18-32(31)52-6)53-21-22-54-56(40(2,3)4,29-13-9-7-10-14-29)30-15-11-8-12-16-30/h7-20,23,33H,21-22,24-26H2,1-6H3,(H,43,49)/t33-,41?/m0/s1. The van der Waals surface area contributed by atoms with E-state index in [1.807, 2.05) is 36.4 Å². The van der Waals surface area contributed by atoms with Crippen LogP contribution in [0.15, 0.2) is 101 Å². The number of rotatable bonds is 13. The zero-order valence-electron chi connectivity index (χ0n) is 32.2. The van der Waals surface area contributed by atoms with Crippen molar-refractivity contribution in [2.45, 2.75) is 64.3 Å². The van der Waals surface area contributed by atoms with E-state index in [2.05, 4.69) is 60.6 Å². The molecule has 292 valence electrons. The number of hydrogen-bond acceptors (Lipinski definition) is 9. The molecule has 0 aliphatic carbocycles. The quantitative estimate of drug-likeness (QED) is 0.130. The second-order valence-corrected chi connectivity index (χ2v) is 20.6. The fourth-order valence-electron chi connectivity index (χ4n) is 7.91. The summed E-state index contributed by atoms with van der Waals surface area (Å²) in [7, 11) is -1.44. The van der Waals surface area contributed by atoms with Crippen molar-refractivity contribution in [2.24, 2.45) is 0 Å². The largest absolute Gasteiger partial charge is 0.496 e. The monoisotopic (exact) mass is 796 g/mol. The van der Waals surface area contributed by atoms with Gasteiger partial charge in [0.2, 0.25) is 5.91 Å². The number of methoxy groups -OCH3 is 1. The molecule has 1 aliphatic heterocycles. The molecule has 12 nitrogen and oxygen atoms in total. The van der Waals surface area contributed by atoms with E-state index in [4.69, 9.17) is 13.9 Å². The number of aromatic nitrogens is 5. The molecule has 1 fully saturated rings. The summed E-state index contributed by atoms with van der Waals surface area (Å²) < 4.78 is 37.2. The van der Waals surface area contributed by atoms with Gasteiger partial charge in [0, 0.05) is 17.7 Å². The van der Waals surface area contributed by atoms with Crippen molar-refractivity contribution in [1.29, 1.82) is 0 Å². The number of fused-ring (bicyclic) bond motifs is 1. The fourth-order valence-corrected chi connectivity index (χ4v) is 13.7. The third kappa shape index (κ3) is 6.93. The molecule has 0 saturated carbocycles. The van der Waals surface area contributed by atoms with E-state index in [-0.39, 0.29) is 43.7 Å². The lowest BCUT2D eigenvalue weighted by Gasteiger charge is -2.43. The SMILES string of the molecule is COc1ccc(F)cc1[C@H](Cn1c(=O)n(C2(C)CNC(=O)C2)c(=O)c2c(C)c(-n3nccn3)sc21)OCCO[Si](c1ccccc1)(c1ccccc1)C(C)(C)C. The fraction of sp³-hybridized carbons (Fsp3) is 0.341. The van der Waals surface area contributed by atoms with Gasteiger partial charge in [-0.25, -0.2) is 9.18 Å². The lowest BCUT2D eigenvalue weighted by molar-refractivity contribution is -0.119. The summed E-state index contributed by atoms with van der Waals surface area (Å²) in [6, 6.07) is 24.7. The van der Waals surface area contributed by atoms with Crippen molar-refractivity contribution in [2.75, 3.05) is 26.9 Å². The van der Waals surface area contributed by atoms with Gasteiger partial charge in [-0.3, -0.25) is 18.7 Å². The Balaban J connectivity index is 1.33. The number of hydrogen-bond donors (Lipinski definition) is 1. The summed E-state index contributed by atoms with van der Waals surface area (Å²) in [5.41, 5.74) is -1.34. The number of benzene rings is 3. The summed E-state index contributed by atoms with van der Waals surface area (Å²) in [4.78, 5) is 43.4. The van der Waals surface area contributed by atoms with Crippen molar-refractivity contribution in [1.82, 2.24) is 29.4 Å². The van der Waals surface area contributed by atoms with Crippen LogP contribution in [-0.4, -0.2) is 65.2 Å². The van der Waals surface area contributed by atoms with Gasteiger partial charge in [0.1, 0.15) is 27.5 Å². The molecule has 7 rings (SSSR count). The Morgan fingerprint density at radius 3 is 2.18 bits per heavy atom. The molecule has 0 spiro atoms. The van der Waals surface area contributed by atoms with Gasteiger partial charge in [-0.15, -0.1) is 4.80 Å². The van der Waals surface area contributed by atoms with Crippen molar-refractivity contribution in [3.8, 4) is 10.8 Å². The van der Waals surface area contributed by atoms with E-state index in [0.717, 1.165) is 10.4 Å². The highest BCUT2D eigenvalue weighted by Gasteiger charge is 2.50. The third-order valence-electron chi connectivity index (χ3n) is 10.6. The van der Waals surface area contributed by atoms with Crippen LogP contribution in [-0.2, 0) is 26.0 Å². The molecule has 6 aromatic rings. The van der Waals surface area contributed by atoms with E-state index in [1.165, 1.54) is 63.0 Å². The van der Waals surface area contributed by atoms with E-state index >= 15 is 4.39 Å². The van der Waals surface area contributed by atoms with Crippen LogP contribution in [0.3, 0.4) is 0 Å². The normalized spacial score (nSPS) is 16.7. The van der Waals surface area contributed by atoms with Gasteiger partial charge >= 0.3 is 5.69 Å². The van der Waals surface area contributed by atoms with Gasteiger partial charge in [0.15, 0.2) is 0 Å². The first-order chi connectivity index (χ1) is 26.8. The minimum atomic E-state index is -2.92. The molecule has 1 aliphatic rings. The highest BCUT2D eigenvalue weighted by Crippen LogP contribution is 2.38. The zero-order chi connectivity index (χ0) is 39.8. The number of amides is 1. The highest BCUT2D eigenvalue weighted by atomic mass is 32.1. The van der Waals surface area contributed by atoms with Crippen molar-refractivity contribution in [3.05, 3.63) is 129 Å². The molecule has 0 bridgehead atoms. The maximum atomic E-state index is 15.1. The molecule has 4 heterocycles. The highest BCUT2D eigenvalue weighted by molar-refractivity contribution is 7.21. The van der Waals surface area contributed by atoms with Gasteiger partial charge < -0.3 is 19.2 Å². The molecular formula is C41H45FN6O6SSi. The summed E-state index contributed by atoms with van der Waals surface area (Å²) in [6.45, 7) is 10.3. The molecule has 3 aromatic heterocycles. The molecule has 15 heteroatoms. The molecule has 0 radical (unpaired) electrons. The molecule has 1 saturated heterocycles. The second-order valence-electron chi connectivity index (χ2n) is 15.3. The van der Waals surface area contributed by atoms with E-state index < -0.39 is 37.0 Å². The number of nitrogens with zero attached hydrogens (tertiary/aromatic N) is 5. The van der Waals surface area contributed by atoms with Crippen LogP contribution in [0.25, 0.3) is 15.2 Å². The predicted molar refractivity (Wildman–Crippen MR) is 216 cm³/mol. The second kappa shape index (κ2) is 15.4. The van der Waals surface area contributed by atoms with E-state index in [9.17, 15) is 14.4 Å². The first-order valence-electron chi connectivity index (χ1n) is 18.4. The number of ether oxygens (including phenoxy) is 2. The molecular weight excluding hydrogens is 752 g/mol. The topological polar surface area (TPSA) is 132 Å². The Kier molecular flexibility index (Phi) is 10.7. The lowest BCUT2D eigenvalue weighted by atomic mass is 10.0. The van der Waals surface area contributed by atoms with Crippen LogP contribution in [0.5, 0.6) is 5.75 Å². The molecule has 2 atom stereocenters. The summed E-state index contributed by atoms with van der Waals surface area (Å²) >= 11 is 1.19. The van der Waals surface area contributed by atoms with E-state index in [1.54, 1.807) is 13.8 Å². The predicted octanol–water partition coefficient (Wildman–Crippen LogP) is 4.83. The number of aryl methyl sites for hydroxylation is 1. The summed E-state index contributed by atoms with van der Waals surface area (Å²) in [5.74, 6) is -0.411. The van der Waals surface area contributed by atoms with Crippen molar-refractivity contribution >= 4 is 46.2 Å². The smallest absolute Gasteiger partial charge is 0.332 e. The Labute approximate surface area is 328 Å². The van der Waals surface area contributed by atoms with Crippen LogP contribution in [0, 0.1) is 12.7 Å². The Hall–Kier alpha value is -5.22.